The van der Waals surface area contributed by atoms with Gasteiger partial charge in [-0.3, -0.25) is 4.79 Å². The highest BCUT2D eigenvalue weighted by atomic mass is 16.7. The third kappa shape index (κ3) is 3.77. The van der Waals surface area contributed by atoms with Crippen LogP contribution in [0.1, 0.15) is 26.7 Å². The van der Waals surface area contributed by atoms with Crippen molar-refractivity contribution < 1.29 is 33.0 Å². The molecule has 3 rings (SSSR count). The van der Waals surface area contributed by atoms with Gasteiger partial charge in [0.15, 0.2) is 17.2 Å². The van der Waals surface area contributed by atoms with Crippen LogP contribution in [0, 0.1) is 0 Å². The van der Waals surface area contributed by atoms with E-state index in [2.05, 4.69) is 9.72 Å². The standard InChI is InChI=1S/C17H18N2O7/c1-22-6-5-19(8-15-18-12(9-24-15)17(21)23-2)16(20)11-3-4-13-14(7-11)26-10-25-13/h3-4,7,9H,5-6,8,10H2,1-2H3. The number of carbonyl (C=O) groups is 2. The molecule has 0 N–H and O–H groups in total. The number of hydrogen-bond acceptors (Lipinski definition) is 8. The minimum Gasteiger partial charge on any atom is -0.464 e. The lowest BCUT2D eigenvalue weighted by Crippen LogP contribution is -2.33. The summed E-state index contributed by atoms with van der Waals surface area (Å²) in [6.45, 7) is 0.862. The van der Waals surface area contributed by atoms with Crippen LogP contribution in [0.2, 0.25) is 0 Å². The Morgan fingerprint density at radius 1 is 1.23 bits per heavy atom. The molecule has 26 heavy (non-hydrogen) atoms. The second kappa shape index (κ2) is 7.87. The van der Waals surface area contributed by atoms with Crippen molar-refractivity contribution >= 4 is 11.9 Å². The van der Waals surface area contributed by atoms with Gasteiger partial charge in [0, 0.05) is 19.2 Å². The molecule has 0 fully saturated rings. The molecule has 1 aliphatic heterocycles. The van der Waals surface area contributed by atoms with Crippen molar-refractivity contribution in [3.8, 4) is 11.5 Å². The molecule has 1 aromatic heterocycles. The van der Waals surface area contributed by atoms with E-state index in [0.29, 0.717) is 30.2 Å². The monoisotopic (exact) mass is 362 g/mol. The van der Waals surface area contributed by atoms with E-state index in [1.807, 2.05) is 0 Å². The molecule has 0 spiro atoms. The maximum absolute atomic E-state index is 12.9. The minimum absolute atomic E-state index is 0.0460. The van der Waals surface area contributed by atoms with E-state index in [4.69, 9.17) is 18.6 Å². The van der Waals surface area contributed by atoms with Crippen LogP contribution in [0.15, 0.2) is 28.9 Å². The van der Waals surface area contributed by atoms with Crippen molar-refractivity contribution in [2.45, 2.75) is 6.54 Å². The van der Waals surface area contributed by atoms with Crippen LogP contribution in [-0.4, -0.2) is 55.9 Å². The first-order valence-electron chi connectivity index (χ1n) is 7.83. The first kappa shape index (κ1) is 17.7. The maximum Gasteiger partial charge on any atom is 0.360 e. The molecule has 0 radical (unpaired) electrons. The van der Waals surface area contributed by atoms with Gasteiger partial charge in [-0.05, 0) is 18.2 Å². The lowest BCUT2D eigenvalue weighted by Gasteiger charge is -2.21. The Bertz CT molecular complexity index is 802. The number of oxazole rings is 1. The summed E-state index contributed by atoms with van der Waals surface area (Å²) in [7, 11) is 2.80. The molecular weight excluding hydrogens is 344 g/mol. The maximum atomic E-state index is 12.9. The van der Waals surface area contributed by atoms with Crippen LogP contribution in [0.4, 0.5) is 0 Å². The second-order valence-corrected chi connectivity index (χ2v) is 5.41. The summed E-state index contributed by atoms with van der Waals surface area (Å²) in [6, 6.07) is 4.97. The predicted octanol–water partition coefficient (Wildman–Crippen LogP) is 1.48. The number of aromatic nitrogens is 1. The number of benzene rings is 1. The van der Waals surface area contributed by atoms with Crippen molar-refractivity contribution in [2.24, 2.45) is 0 Å². The molecule has 138 valence electrons. The largest absolute Gasteiger partial charge is 0.464 e. The average molecular weight is 362 g/mol. The number of amides is 1. The lowest BCUT2D eigenvalue weighted by molar-refractivity contribution is 0.0594. The Morgan fingerprint density at radius 2 is 2.04 bits per heavy atom. The Kier molecular flexibility index (Phi) is 5.37. The van der Waals surface area contributed by atoms with Crippen LogP contribution in [0.25, 0.3) is 0 Å². The summed E-state index contributed by atoms with van der Waals surface area (Å²) in [5.41, 5.74) is 0.481. The molecule has 9 heteroatoms. The van der Waals surface area contributed by atoms with Crippen molar-refractivity contribution in [1.82, 2.24) is 9.88 Å². The smallest absolute Gasteiger partial charge is 0.360 e. The molecule has 1 aromatic carbocycles. The lowest BCUT2D eigenvalue weighted by atomic mass is 10.1. The van der Waals surface area contributed by atoms with E-state index in [-0.39, 0.29) is 30.8 Å². The number of nitrogens with zero attached hydrogens (tertiary/aromatic N) is 2. The van der Waals surface area contributed by atoms with E-state index in [9.17, 15) is 9.59 Å². The topological polar surface area (TPSA) is 100 Å². The zero-order valence-electron chi connectivity index (χ0n) is 14.4. The summed E-state index contributed by atoms with van der Waals surface area (Å²) < 4.78 is 25.5. The summed E-state index contributed by atoms with van der Waals surface area (Å²) in [5, 5.41) is 0. The van der Waals surface area contributed by atoms with E-state index >= 15 is 0 Å². The molecule has 0 aliphatic carbocycles. The Labute approximate surface area is 149 Å². The van der Waals surface area contributed by atoms with Crippen molar-refractivity contribution in [3.63, 3.8) is 0 Å². The van der Waals surface area contributed by atoms with Gasteiger partial charge in [0.05, 0.1) is 20.3 Å². The van der Waals surface area contributed by atoms with Gasteiger partial charge in [0.1, 0.15) is 6.26 Å². The first-order chi connectivity index (χ1) is 12.6. The Morgan fingerprint density at radius 3 is 2.81 bits per heavy atom. The molecule has 9 nitrogen and oxygen atoms in total. The molecule has 1 amide bonds. The van der Waals surface area contributed by atoms with Crippen LogP contribution < -0.4 is 9.47 Å². The van der Waals surface area contributed by atoms with Gasteiger partial charge < -0.3 is 28.3 Å². The first-order valence-corrected chi connectivity index (χ1v) is 7.83. The Balaban J connectivity index is 1.77. The summed E-state index contributed by atoms with van der Waals surface area (Å²) in [4.78, 5) is 29.9. The molecule has 0 atom stereocenters. The van der Waals surface area contributed by atoms with Gasteiger partial charge in [-0.25, -0.2) is 9.78 Å². The summed E-state index contributed by atoms with van der Waals surface area (Å²) in [5.74, 6) is 0.478. The fourth-order valence-corrected chi connectivity index (χ4v) is 2.41. The molecule has 0 saturated heterocycles. The zero-order chi connectivity index (χ0) is 18.5. The highest BCUT2D eigenvalue weighted by Crippen LogP contribution is 2.32. The van der Waals surface area contributed by atoms with Crippen molar-refractivity contribution in [3.05, 3.63) is 41.6 Å². The fourth-order valence-electron chi connectivity index (χ4n) is 2.41. The number of esters is 1. The van der Waals surface area contributed by atoms with Gasteiger partial charge in [-0.2, -0.15) is 0 Å². The fraction of sp³-hybridized carbons (Fsp3) is 0.353. The molecule has 0 saturated carbocycles. The van der Waals surface area contributed by atoms with Crippen LogP contribution in [0.5, 0.6) is 11.5 Å². The molecule has 0 unspecified atom stereocenters. The van der Waals surface area contributed by atoms with Gasteiger partial charge in [0.2, 0.25) is 12.7 Å². The quantitative estimate of drug-likeness (QED) is 0.683. The molecule has 1 aliphatic rings. The van der Waals surface area contributed by atoms with E-state index in [0.717, 1.165) is 0 Å². The van der Waals surface area contributed by atoms with Gasteiger partial charge in [0.25, 0.3) is 5.91 Å². The molecular formula is C17H18N2O7. The molecule has 2 heterocycles. The van der Waals surface area contributed by atoms with Gasteiger partial charge in [-0.15, -0.1) is 0 Å². The predicted molar refractivity (Wildman–Crippen MR) is 87.0 cm³/mol. The normalized spacial score (nSPS) is 12.1. The van der Waals surface area contributed by atoms with E-state index < -0.39 is 5.97 Å². The summed E-state index contributed by atoms with van der Waals surface area (Å²) in [6.07, 6.45) is 1.20. The minimum atomic E-state index is -0.606. The second-order valence-electron chi connectivity index (χ2n) is 5.41. The average Bonchev–Trinajstić information content (AvgIpc) is 3.32. The number of ether oxygens (including phenoxy) is 4. The number of fused-ring (bicyclic) bond motifs is 1. The number of methoxy groups -OCH3 is 2. The van der Waals surface area contributed by atoms with Crippen LogP contribution >= 0.6 is 0 Å². The highest BCUT2D eigenvalue weighted by Gasteiger charge is 2.22. The number of hydrogen-bond donors (Lipinski definition) is 0. The SMILES string of the molecule is COCCN(Cc1nc(C(=O)OC)co1)C(=O)c1ccc2c(c1)OCO2. The van der Waals surface area contributed by atoms with Crippen LogP contribution in [0.3, 0.4) is 0 Å². The van der Waals surface area contributed by atoms with Crippen molar-refractivity contribution in [2.75, 3.05) is 34.2 Å². The van der Waals surface area contributed by atoms with Gasteiger partial charge in [-0.1, -0.05) is 0 Å². The zero-order valence-corrected chi connectivity index (χ0v) is 14.4. The number of carbonyl (C=O) groups excluding carboxylic acids is 2. The van der Waals surface area contributed by atoms with Gasteiger partial charge >= 0.3 is 5.97 Å². The number of rotatable bonds is 7. The molecule has 0 bridgehead atoms. The van der Waals surface area contributed by atoms with E-state index in [1.54, 1.807) is 25.3 Å². The third-order valence-electron chi connectivity index (χ3n) is 3.74. The molecule has 2 aromatic rings. The highest BCUT2D eigenvalue weighted by molar-refractivity contribution is 5.95. The summed E-state index contributed by atoms with van der Waals surface area (Å²) >= 11 is 0. The van der Waals surface area contributed by atoms with Crippen molar-refractivity contribution in [1.29, 1.82) is 0 Å². The Hall–Kier alpha value is -3.07. The third-order valence-corrected chi connectivity index (χ3v) is 3.74. The van der Waals surface area contributed by atoms with Crippen LogP contribution in [-0.2, 0) is 16.0 Å². The van der Waals surface area contributed by atoms with E-state index in [1.165, 1.54) is 18.3 Å².